The van der Waals surface area contributed by atoms with Crippen LogP contribution < -0.4 is 5.32 Å². The van der Waals surface area contributed by atoms with Crippen molar-refractivity contribution in [3.63, 3.8) is 0 Å². The summed E-state index contributed by atoms with van der Waals surface area (Å²) in [6.07, 6.45) is 0.909. The molecule has 4 heteroatoms. The molecular weight excluding hydrogens is 166 g/mol. The van der Waals surface area contributed by atoms with Crippen LogP contribution in [0.4, 0.5) is 0 Å². The van der Waals surface area contributed by atoms with Gasteiger partial charge in [0.1, 0.15) is 6.04 Å². The van der Waals surface area contributed by atoms with Crippen LogP contribution in [0.3, 0.4) is 0 Å². The summed E-state index contributed by atoms with van der Waals surface area (Å²) in [5.41, 5.74) is 0. The second kappa shape index (κ2) is 4.57. The van der Waals surface area contributed by atoms with Crippen molar-refractivity contribution in [2.45, 2.75) is 19.4 Å². The zero-order valence-corrected chi connectivity index (χ0v) is 7.61. The molecule has 1 aliphatic rings. The van der Waals surface area contributed by atoms with Crippen LogP contribution in [0.5, 0.6) is 0 Å². The SMILES string of the molecule is COC(=O)[C@@H]1C[C@H](C)CN1.Cl. The van der Waals surface area contributed by atoms with E-state index >= 15 is 0 Å². The highest BCUT2D eigenvalue weighted by atomic mass is 35.5. The van der Waals surface area contributed by atoms with E-state index in [9.17, 15) is 4.79 Å². The molecule has 0 bridgehead atoms. The molecule has 1 heterocycles. The molecule has 11 heavy (non-hydrogen) atoms. The van der Waals surface area contributed by atoms with E-state index in [0.29, 0.717) is 5.92 Å². The van der Waals surface area contributed by atoms with Gasteiger partial charge in [-0.15, -0.1) is 12.4 Å². The van der Waals surface area contributed by atoms with Gasteiger partial charge in [0, 0.05) is 0 Å². The molecule has 0 aliphatic carbocycles. The number of ether oxygens (including phenoxy) is 1. The first-order valence-electron chi connectivity index (χ1n) is 3.55. The predicted molar refractivity (Wildman–Crippen MR) is 44.8 cm³/mol. The molecule has 1 rings (SSSR count). The number of rotatable bonds is 1. The Morgan fingerprint density at radius 1 is 1.64 bits per heavy atom. The Morgan fingerprint density at radius 3 is 2.64 bits per heavy atom. The fourth-order valence-electron chi connectivity index (χ4n) is 1.23. The number of hydrogen-bond donors (Lipinski definition) is 1. The summed E-state index contributed by atoms with van der Waals surface area (Å²) in [6, 6.07) is -0.0556. The molecule has 1 N–H and O–H groups in total. The van der Waals surface area contributed by atoms with Gasteiger partial charge in [-0.1, -0.05) is 6.92 Å². The Hall–Kier alpha value is -0.280. The molecule has 1 saturated heterocycles. The van der Waals surface area contributed by atoms with Gasteiger partial charge >= 0.3 is 5.97 Å². The van der Waals surface area contributed by atoms with Crippen molar-refractivity contribution in [3.05, 3.63) is 0 Å². The van der Waals surface area contributed by atoms with Crippen molar-refractivity contribution in [2.75, 3.05) is 13.7 Å². The van der Waals surface area contributed by atoms with Crippen LogP contribution >= 0.6 is 12.4 Å². The summed E-state index contributed by atoms with van der Waals surface area (Å²) in [4.78, 5) is 10.9. The monoisotopic (exact) mass is 179 g/mol. The molecular formula is C7H14ClNO2. The maximum atomic E-state index is 10.9. The largest absolute Gasteiger partial charge is 0.468 e. The topological polar surface area (TPSA) is 38.3 Å². The normalized spacial score (nSPS) is 29.3. The van der Waals surface area contributed by atoms with Gasteiger partial charge in [0.2, 0.25) is 0 Å². The van der Waals surface area contributed by atoms with Gasteiger partial charge in [0.25, 0.3) is 0 Å². The van der Waals surface area contributed by atoms with E-state index < -0.39 is 0 Å². The van der Waals surface area contributed by atoms with Gasteiger partial charge in [0.15, 0.2) is 0 Å². The highest BCUT2D eigenvalue weighted by molar-refractivity contribution is 5.85. The lowest BCUT2D eigenvalue weighted by Crippen LogP contribution is -2.31. The Kier molecular flexibility index (Phi) is 4.45. The average molecular weight is 180 g/mol. The summed E-state index contributed by atoms with van der Waals surface area (Å²) < 4.78 is 4.58. The first-order chi connectivity index (χ1) is 4.74. The summed E-state index contributed by atoms with van der Waals surface area (Å²) in [5.74, 6) is 0.466. The van der Waals surface area contributed by atoms with Gasteiger partial charge < -0.3 is 10.1 Å². The van der Waals surface area contributed by atoms with E-state index in [-0.39, 0.29) is 24.4 Å². The molecule has 2 atom stereocenters. The van der Waals surface area contributed by atoms with Crippen LogP contribution in [0.15, 0.2) is 0 Å². The molecule has 1 aliphatic heterocycles. The summed E-state index contributed by atoms with van der Waals surface area (Å²) in [6.45, 7) is 3.05. The van der Waals surface area contributed by atoms with Crippen molar-refractivity contribution in [1.29, 1.82) is 0 Å². The number of carbonyl (C=O) groups excluding carboxylic acids is 1. The van der Waals surface area contributed by atoms with E-state index in [2.05, 4.69) is 17.0 Å². The number of nitrogens with one attached hydrogen (secondary N) is 1. The van der Waals surface area contributed by atoms with Crippen molar-refractivity contribution in [2.24, 2.45) is 5.92 Å². The van der Waals surface area contributed by atoms with E-state index in [0.717, 1.165) is 13.0 Å². The van der Waals surface area contributed by atoms with Crippen molar-refractivity contribution >= 4 is 18.4 Å². The second-order valence-electron chi connectivity index (χ2n) is 2.82. The summed E-state index contributed by atoms with van der Waals surface area (Å²) in [7, 11) is 1.42. The highest BCUT2D eigenvalue weighted by Crippen LogP contribution is 2.13. The number of halogens is 1. The van der Waals surface area contributed by atoms with Gasteiger partial charge in [0.05, 0.1) is 7.11 Å². The Labute approximate surface area is 72.9 Å². The number of esters is 1. The lowest BCUT2D eigenvalue weighted by atomic mass is 10.1. The summed E-state index contributed by atoms with van der Waals surface area (Å²) in [5, 5.41) is 3.08. The van der Waals surface area contributed by atoms with Crippen molar-refractivity contribution in [1.82, 2.24) is 5.32 Å². The van der Waals surface area contributed by atoms with Crippen LogP contribution in [-0.4, -0.2) is 25.7 Å². The molecule has 0 aromatic heterocycles. The number of carbonyl (C=O) groups is 1. The maximum Gasteiger partial charge on any atom is 0.322 e. The van der Waals surface area contributed by atoms with Gasteiger partial charge in [-0.2, -0.15) is 0 Å². The zero-order chi connectivity index (χ0) is 7.56. The van der Waals surface area contributed by atoms with Crippen LogP contribution in [-0.2, 0) is 9.53 Å². The number of hydrogen-bond acceptors (Lipinski definition) is 3. The first kappa shape index (κ1) is 10.7. The Bertz CT molecular complexity index is 140. The van der Waals surface area contributed by atoms with Crippen LogP contribution in [0.1, 0.15) is 13.3 Å². The van der Waals surface area contributed by atoms with E-state index in [1.165, 1.54) is 7.11 Å². The third kappa shape index (κ3) is 2.67. The lowest BCUT2D eigenvalue weighted by molar-refractivity contribution is -0.142. The van der Waals surface area contributed by atoms with Gasteiger partial charge in [-0.25, -0.2) is 0 Å². The van der Waals surface area contributed by atoms with Crippen molar-refractivity contribution in [3.8, 4) is 0 Å². The molecule has 0 radical (unpaired) electrons. The second-order valence-corrected chi connectivity index (χ2v) is 2.82. The molecule has 0 aromatic rings. The molecule has 3 nitrogen and oxygen atoms in total. The Balaban J connectivity index is 0.000001000. The van der Waals surface area contributed by atoms with Crippen LogP contribution in [0.25, 0.3) is 0 Å². The molecule has 0 amide bonds. The standard InChI is InChI=1S/C7H13NO2.ClH/c1-5-3-6(8-4-5)7(9)10-2;/h5-6,8H,3-4H2,1-2H3;1H/t5-,6-;/m0./s1. The lowest BCUT2D eigenvalue weighted by Gasteiger charge is -2.05. The minimum Gasteiger partial charge on any atom is -0.468 e. The molecule has 0 spiro atoms. The zero-order valence-electron chi connectivity index (χ0n) is 6.79. The third-order valence-corrected chi connectivity index (χ3v) is 1.84. The summed E-state index contributed by atoms with van der Waals surface area (Å²) >= 11 is 0. The van der Waals surface area contributed by atoms with Gasteiger partial charge in [-0.05, 0) is 18.9 Å². The van der Waals surface area contributed by atoms with Crippen LogP contribution in [0.2, 0.25) is 0 Å². The fourth-order valence-corrected chi connectivity index (χ4v) is 1.23. The van der Waals surface area contributed by atoms with E-state index in [1.807, 2.05) is 0 Å². The minimum atomic E-state index is -0.135. The average Bonchev–Trinajstić information content (AvgIpc) is 2.34. The quantitative estimate of drug-likeness (QED) is 0.599. The van der Waals surface area contributed by atoms with Crippen LogP contribution in [0, 0.1) is 5.92 Å². The molecule has 0 saturated carbocycles. The molecule has 66 valence electrons. The minimum absolute atomic E-state index is 0. The smallest absolute Gasteiger partial charge is 0.322 e. The first-order valence-corrected chi connectivity index (χ1v) is 3.55. The third-order valence-electron chi connectivity index (χ3n) is 1.84. The highest BCUT2D eigenvalue weighted by Gasteiger charge is 2.26. The maximum absolute atomic E-state index is 10.9. The fraction of sp³-hybridized carbons (Fsp3) is 0.857. The van der Waals surface area contributed by atoms with Gasteiger partial charge in [-0.3, -0.25) is 4.79 Å². The predicted octanol–water partition coefficient (Wildman–Crippen LogP) is 0.579. The molecule has 1 fully saturated rings. The van der Waals surface area contributed by atoms with E-state index in [4.69, 9.17) is 0 Å². The molecule has 0 aromatic carbocycles. The van der Waals surface area contributed by atoms with Crippen molar-refractivity contribution < 1.29 is 9.53 Å². The number of methoxy groups -OCH3 is 1. The molecule has 0 unspecified atom stereocenters. The van der Waals surface area contributed by atoms with E-state index in [1.54, 1.807) is 0 Å². The Morgan fingerprint density at radius 2 is 2.27 bits per heavy atom.